The predicted molar refractivity (Wildman–Crippen MR) is 105 cm³/mol. The Morgan fingerprint density at radius 1 is 1.22 bits per heavy atom. The number of aliphatic hydroxyl groups excluding tert-OH is 1. The molecule has 7 heteroatoms. The van der Waals surface area contributed by atoms with E-state index >= 15 is 0 Å². The number of nitrogens with zero attached hydrogens (tertiary/aromatic N) is 1. The summed E-state index contributed by atoms with van der Waals surface area (Å²) in [6.45, 7) is 5.97. The van der Waals surface area contributed by atoms with E-state index in [9.17, 15) is 14.7 Å². The van der Waals surface area contributed by atoms with Gasteiger partial charge in [0.1, 0.15) is 11.3 Å². The van der Waals surface area contributed by atoms with Gasteiger partial charge in [0.25, 0.3) is 0 Å². The number of hydrogen-bond donors (Lipinski definition) is 1. The Morgan fingerprint density at radius 2 is 1.89 bits per heavy atom. The monoisotopic (exact) mass is 411 g/mol. The number of rotatable bonds is 4. The maximum atomic E-state index is 12.9. The molecule has 3 rings (SSSR count). The third-order valence-electron chi connectivity index (χ3n) is 4.92. The summed E-state index contributed by atoms with van der Waals surface area (Å²) in [4.78, 5) is 27.2. The van der Waals surface area contributed by atoms with Gasteiger partial charge in [-0.1, -0.05) is 23.2 Å². The number of aliphatic hydroxyl groups is 1. The zero-order chi connectivity index (χ0) is 19.7. The van der Waals surface area contributed by atoms with Gasteiger partial charge in [0.15, 0.2) is 5.78 Å². The van der Waals surface area contributed by atoms with Gasteiger partial charge in [0.2, 0.25) is 5.78 Å². The minimum absolute atomic E-state index is 0.0954. The highest BCUT2D eigenvalue weighted by atomic mass is 35.5. The van der Waals surface area contributed by atoms with Crippen molar-refractivity contribution in [3.8, 4) is 0 Å². The van der Waals surface area contributed by atoms with E-state index in [-0.39, 0.29) is 46.3 Å². The standard InChI is InChI=1S/C20H23Cl2NO4/c1-11-8-23(9-12(2)27-11)10-14-15(21)7-6-13(19(14)22)20(26)18-16(24)4-3-5-17(18)25/h6-7,11-12,24H,3-5,8-10H2,1-2H3. The van der Waals surface area contributed by atoms with E-state index in [0.29, 0.717) is 30.0 Å². The van der Waals surface area contributed by atoms with Crippen LogP contribution in [-0.4, -0.2) is 46.9 Å². The second kappa shape index (κ2) is 8.31. The summed E-state index contributed by atoms with van der Waals surface area (Å²) in [7, 11) is 0. The minimum atomic E-state index is -0.538. The smallest absolute Gasteiger partial charge is 0.201 e. The van der Waals surface area contributed by atoms with Gasteiger partial charge in [-0.05, 0) is 32.4 Å². The number of morpholine rings is 1. The molecule has 27 heavy (non-hydrogen) atoms. The first-order valence-electron chi connectivity index (χ1n) is 9.12. The molecule has 2 atom stereocenters. The first-order chi connectivity index (χ1) is 12.8. The molecule has 1 aliphatic heterocycles. The molecule has 0 spiro atoms. The average molecular weight is 412 g/mol. The minimum Gasteiger partial charge on any atom is -0.511 e. The van der Waals surface area contributed by atoms with Crippen LogP contribution in [0.2, 0.25) is 10.0 Å². The first-order valence-corrected chi connectivity index (χ1v) is 9.88. The van der Waals surface area contributed by atoms with Gasteiger partial charge in [-0.15, -0.1) is 0 Å². The fourth-order valence-electron chi connectivity index (χ4n) is 3.77. The molecule has 1 N–H and O–H groups in total. The fraction of sp³-hybridized carbons (Fsp3) is 0.500. The lowest BCUT2D eigenvalue weighted by Crippen LogP contribution is -2.44. The number of Topliss-reactive ketones (excluding diaryl/α,β-unsaturated/α-hetero) is 2. The van der Waals surface area contributed by atoms with Gasteiger partial charge in [0.05, 0.1) is 17.2 Å². The summed E-state index contributed by atoms with van der Waals surface area (Å²) in [5, 5.41) is 10.8. The normalized spacial score (nSPS) is 24.4. The topological polar surface area (TPSA) is 66.8 Å². The molecule has 1 aliphatic carbocycles. The maximum absolute atomic E-state index is 12.9. The molecule has 0 amide bonds. The van der Waals surface area contributed by atoms with Crippen molar-refractivity contribution >= 4 is 34.8 Å². The lowest BCUT2D eigenvalue weighted by Gasteiger charge is -2.35. The predicted octanol–water partition coefficient (Wildman–Crippen LogP) is 4.35. The molecule has 0 bridgehead atoms. The summed E-state index contributed by atoms with van der Waals surface area (Å²) in [6.07, 6.45) is 1.33. The second-order valence-electron chi connectivity index (χ2n) is 7.27. The Labute approximate surface area is 168 Å². The van der Waals surface area contributed by atoms with Crippen LogP contribution in [0.4, 0.5) is 0 Å². The van der Waals surface area contributed by atoms with Crippen LogP contribution in [0, 0.1) is 0 Å². The molecule has 0 saturated carbocycles. The van der Waals surface area contributed by atoms with E-state index in [4.69, 9.17) is 27.9 Å². The molecular weight excluding hydrogens is 389 g/mol. The van der Waals surface area contributed by atoms with Gasteiger partial charge in [-0.2, -0.15) is 0 Å². The van der Waals surface area contributed by atoms with Crippen molar-refractivity contribution < 1.29 is 19.4 Å². The molecule has 146 valence electrons. The summed E-state index contributed by atoms with van der Waals surface area (Å²) in [6, 6.07) is 3.14. The van der Waals surface area contributed by atoms with Crippen LogP contribution >= 0.6 is 23.2 Å². The van der Waals surface area contributed by atoms with Crippen molar-refractivity contribution in [2.75, 3.05) is 13.1 Å². The average Bonchev–Trinajstić information content (AvgIpc) is 2.57. The molecule has 0 radical (unpaired) electrons. The highest BCUT2D eigenvalue weighted by Gasteiger charge is 2.30. The van der Waals surface area contributed by atoms with Gasteiger partial charge >= 0.3 is 0 Å². The SMILES string of the molecule is CC1CN(Cc2c(Cl)ccc(C(=O)C3=C(O)CCCC3=O)c2Cl)CC(C)O1. The third-order valence-corrected chi connectivity index (χ3v) is 5.71. The molecule has 1 aromatic carbocycles. The van der Waals surface area contributed by atoms with Crippen LogP contribution in [-0.2, 0) is 16.1 Å². The second-order valence-corrected chi connectivity index (χ2v) is 8.05. The number of carbonyl (C=O) groups is 2. The highest BCUT2D eigenvalue weighted by molar-refractivity contribution is 6.40. The van der Waals surface area contributed by atoms with E-state index in [1.165, 1.54) is 6.07 Å². The van der Waals surface area contributed by atoms with Crippen molar-refractivity contribution in [2.45, 2.75) is 51.9 Å². The Hall–Kier alpha value is -1.40. The molecular formula is C20H23Cl2NO4. The Morgan fingerprint density at radius 3 is 2.52 bits per heavy atom. The highest BCUT2D eigenvalue weighted by Crippen LogP contribution is 2.33. The molecule has 0 aromatic heterocycles. The molecule has 1 fully saturated rings. The summed E-state index contributed by atoms with van der Waals surface area (Å²) >= 11 is 12.9. The first kappa shape index (κ1) is 20.3. The Balaban J connectivity index is 1.92. The summed E-state index contributed by atoms with van der Waals surface area (Å²) < 4.78 is 5.75. The third kappa shape index (κ3) is 4.37. The number of ketones is 2. The largest absolute Gasteiger partial charge is 0.511 e. The molecule has 1 aromatic rings. The van der Waals surface area contributed by atoms with E-state index in [0.717, 1.165) is 13.1 Å². The van der Waals surface area contributed by atoms with Crippen molar-refractivity contribution in [1.82, 2.24) is 4.90 Å². The van der Waals surface area contributed by atoms with E-state index in [1.54, 1.807) is 6.07 Å². The van der Waals surface area contributed by atoms with Crippen LogP contribution in [0.25, 0.3) is 0 Å². The van der Waals surface area contributed by atoms with Crippen molar-refractivity contribution in [2.24, 2.45) is 0 Å². The van der Waals surface area contributed by atoms with Crippen molar-refractivity contribution in [3.63, 3.8) is 0 Å². The number of halogens is 2. The maximum Gasteiger partial charge on any atom is 0.201 e. The van der Waals surface area contributed by atoms with Crippen LogP contribution in [0.1, 0.15) is 49.0 Å². The molecule has 2 unspecified atom stereocenters. The van der Waals surface area contributed by atoms with Gasteiger partial charge in [-0.25, -0.2) is 0 Å². The van der Waals surface area contributed by atoms with Crippen molar-refractivity contribution in [1.29, 1.82) is 0 Å². The number of benzene rings is 1. The number of hydrogen-bond acceptors (Lipinski definition) is 5. The van der Waals surface area contributed by atoms with Gasteiger partial charge in [0, 0.05) is 48.6 Å². The number of carbonyl (C=O) groups excluding carboxylic acids is 2. The molecule has 5 nitrogen and oxygen atoms in total. The summed E-state index contributed by atoms with van der Waals surface area (Å²) in [5.74, 6) is -1.03. The fourth-order valence-corrected chi connectivity index (χ4v) is 4.35. The lowest BCUT2D eigenvalue weighted by molar-refractivity contribution is -0.116. The molecule has 2 aliphatic rings. The van der Waals surface area contributed by atoms with E-state index < -0.39 is 5.78 Å². The summed E-state index contributed by atoms with van der Waals surface area (Å²) in [5.41, 5.74) is 0.695. The van der Waals surface area contributed by atoms with Gasteiger partial charge < -0.3 is 9.84 Å². The van der Waals surface area contributed by atoms with E-state index in [2.05, 4.69) is 4.90 Å². The van der Waals surface area contributed by atoms with E-state index in [1.807, 2.05) is 13.8 Å². The lowest BCUT2D eigenvalue weighted by atomic mass is 9.90. The number of allylic oxidation sites excluding steroid dienone is 2. The van der Waals surface area contributed by atoms with Gasteiger partial charge in [-0.3, -0.25) is 14.5 Å². The van der Waals surface area contributed by atoms with Crippen LogP contribution in [0.5, 0.6) is 0 Å². The zero-order valence-corrected chi connectivity index (χ0v) is 16.9. The molecule has 1 saturated heterocycles. The van der Waals surface area contributed by atoms with Crippen molar-refractivity contribution in [3.05, 3.63) is 44.6 Å². The molecule has 1 heterocycles. The Bertz CT molecular complexity index is 795. The Kier molecular flexibility index (Phi) is 6.26. The van der Waals surface area contributed by atoms with Crippen LogP contribution < -0.4 is 0 Å². The van der Waals surface area contributed by atoms with Crippen LogP contribution in [0.15, 0.2) is 23.5 Å². The van der Waals surface area contributed by atoms with Crippen LogP contribution in [0.3, 0.4) is 0 Å². The quantitative estimate of drug-likeness (QED) is 0.588. The zero-order valence-electron chi connectivity index (χ0n) is 15.4. The number of ether oxygens (including phenoxy) is 1.